The first-order valence-corrected chi connectivity index (χ1v) is 2.49. The van der Waals surface area contributed by atoms with Crippen LogP contribution < -0.4 is 0 Å². The third kappa shape index (κ3) is 2.66. The van der Waals surface area contributed by atoms with Crippen molar-refractivity contribution < 1.29 is 10.0 Å². The molecule has 0 saturated carbocycles. The van der Waals surface area contributed by atoms with E-state index in [1.165, 1.54) is 6.20 Å². The Balaban J connectivity index is 3.87. The number of hydrogen-bond donors (Lipinski definition) is 1. The summed E-state index contributed by atoms with van der Waals surface area (Å²) in [6.07, 6.45) is 3.81. The number of nitrogens with zero attached hydrogens (tertiary/aromatic N) is 1. The van der Waals surface area contributed by atoms with Gasteiger partial charge >= 0.3 is 0 Å². The van der Waals surface area contributed by atoms with Gasteiger partial charge in [-0.2, -0.15) is 5.06 Å². The summed E-state index contributed by atoms with van der Waals surface area (Å²) in [5.74, 6) is -0.534. The second-order valence-electron chi connectivity index (χ2n) is 1.37. The zero-order valence-corrected chi connectivity index (χ0v) is 5.24. The third-order valence-corrected chi connectivity index (χ3v) is 0.691. The van der Waals surface area contributed by atoms with E-state index in [2.05, 4.69) is 6.58 Å². The molecule has 0 atom stereocenters. The average Bonchev–Trinajstić information content (AvgIpc) is 1.87. The Bertz CT molecular complexity index is 140. The third-order valence-electron chi connectivity index (χ3n) is 0.691. The first-order chi connectivity index (χ1) is 4.22. The standard InChI is InChI=1S/C6H9NO2/c1-3-5-7(9)6(8)4-2/h3-5,9H,2H2,1H3/b5-3-. The fourth-order valence-electron chi connectivity index (χ4n) is 0.308. The lowest BCUT2D eigenvalue weighted by Crippen LogP contribution is -2.18. The van der Waals surface area contributed by atoms with Gasteiger partial charge in [0.2, 0.25) is 0 Å². The molecule has 0 heterocycles. The molecule has 0 bridgehead atoms. The van der Waals surface area contributed by atoms with Crippen LogP contribution in [0.15, 0.2) is 24.9 Å². The summed E-state index contributed by atoms with van der Waals surface area (Å²) in [4.78, 5) is 10.4. The minimum Gasteiger partial charge on any atom is -0.281 e. The number of carbonyl (C=O) groups excluding carboxylic acids is 1. The Morgan fingerprint density at radius 3 is 2.67 bits per heavy atom. The Morgan fingerprint density at radius 2 is 2.33 bits per heavy atom. The highest BCUT2D eigenvalue weighted by Crippen LogP contribution is 1.84. The minimum absolute atomic E-state index is 0.465. The van der Waals surface area contributed by atoms with Gasteiger partial charge in [-0.05, 0) is 13.0 Å². The van der Waals surface area contributed by atoms with Gasteiger partial charge in [0.1, 0.15) is 0 Å². The number of hydrogen-bond acceptors (Lipinski definition) is 2. The second kappa shape index (κ2) is 3.86. The second-order valence-corrected chi connectivity index (χ2v) is 1.37. The van der Waals surface area contributed by atoms with Crippen molar-refractivity contribution in [3.05, 3.63) is 24.9 Å². The van der Waals surface area contributed by atoms with Gasteiger partial charge in [0.25, 0.3) is 5.91 Å². The fourth-order valence-corrected chi connectivity index (χ4v) is 0.308. The van der Waals surface area contributed by atoms with Crippen molar-refractivity contribution in [2.75, 3.05) is 0 Å². The van der Waals surface area contributed by atoms with Crippen LogP contribution in [0.5, 0.6) is 0 Å². The van der Waals surface area contributed by atoms with Crippen LogP contribution >= 0.6 is 0 Å². The topological polar surface area (TPSA) is 40.5 Å². The number of rotatable bonds is 2. The molecule has 0 aromatic rings. The Morgan fingerprint density at radius 1 is 1.78 bits per heavy atom. The molecular formula is C6H9NO2. The summed E-state index contributed by atoms with van der Waals surface area (Å²) in [6, 6.07) is 0. The average molecular weight is 127 g/mol. The highest BCUT2D eigenvalue weighted by Gasteiger charge is 1.98. The Kier molecular flexibility index (Phi) is 3.39. The van der Waals surface area contributed by atoms with E-state index >= 15 is 0 Å². The maximum atomic E-state index is 10.4. The molecule has 0 saturated heterocycles. The van der Waals surface area contributed by atoms with Crippen LogP contribution in [-0.4, -0.2) is 16.2 Å². The molecule has 1 N–H and O–H groups in total. The van der Waals surface area contributed by atoms with E-state index in [1.54, 1.807) is 13.0 Å². The lowest BCUT2D eigenvalue weighted by atomic mass is 10.5. The van der Waals surface area contributed by atoms with Gasteiger partial charge < -0.3 is 0 Å². The monoisotopic (exact) mass is 127 g/mol. The molecule has 0 aromatic carbocycles. The molecule has 0 unspecified atom stereocenters. The van der Waals surface area contributed by atoms with E-state index in [-0.39, 0.29) is 0 Å². The summed E-state index contributed by atoms with van der Waals surface area (Å²) in [5.41, 5.74) is 0. The molecule has 0 aliphatic heterocycles. The summed E-state index contributed by atoms with van der Waals surface area (Å²) in [5, 5.41) is 9.11. The number of hydroxylamine groups is 2. The van der Waals surface area contributed by atoms with E-state index in [1.807, 2.05) is 0 Å². The zero-order chi connectivity index (χ0) is 7.28. The molecule has 0 radical (unpaired) electrons. The van der Waals surface area contributed by atoms with Crippen LogP contribution in [0.25, 0.3) is 0 Å². The smallest absolute Gasteiger partial charge is 0.273 e. The zero-order valence-electron chi connectivity index (χ0n) is 5.24. The van der Waals surface area contributed by atoms with E-state index in [0.717, 1.165) is 6.08 Å². The van der Waals surface area contributed by atoms with E-state index in [4.69, 9.17) is 5.21 Å². The highest BCUT2D eigenvalue weighted by atomic mass is 16.5. The predicted molar refractivity (Wildman–Crippen MR) is 33.6 cm³/mol. The molecule has 0 aliphatic carbocycles. The van der Waals surface area contributed by atoms with Crippen LogP contribution in [0, 0.1) is 0 Å². The van der Waals surface area contributed by atoms with Gasteiger partial charge in [-0.15, -0.1) is 0 Å². The summed E-state index contributed by atoms with van der Waals surface area (Å²) < 4.78 is 0. The van der Waals surface area contributed by atoms with Crippen molar-refractivity contribution in [2.45, 2.75) is 6.92 Å². The first kappa shape index (κ1) is 7.91. The van der Waals surface area contributed by atoms with Gasteiger partial charge in [-0.25, -0.2) is 0 Å². The number of carbonyl (C=O) groups is 1. The number of amides is 1. The molecular weight excluding hydrogens is 118 g/mol. The maximum absolute atomic E-state index is 10.4. The minimum atomic E-state index is -0.534. The molecule has 0 spiro atoms. The predicted octanol–water partition coefficient (Wildman–Crippen LogP) is 0.924. The number of allylic oxidation sites excluding steroid dienone is 1. The van der Waals surface area contributed by atoms with Crippen LogP contribution in [0.2, 0.25) is 0 Å². The molecule has 50 valence electrons. The molecule has 0 rings (SSSR count). The van der Waals surface area contributed by atoms with Gasteiger partial charge in [-0.1, -0.05) is 12.7 Å². The van der Waals surface area contributed by atoms with Gasteiger partial charge in [-0.3, -0.25) is 10.0 Å². The van der Waals surface area contributed by atoms with Crippen LogP contribution in [0.1, 0.15) is 6.92 Å². The van der Waals surface area contributed by atoms with E-state index in [0.29, 0.717) is 5.06 Å². The Labute approximate surface area is 53.9 Å². The summed E-state index contributed by atoms with van der Waals surface area (Å²) in [7, 11) is 0. The largest absolute Gasteiger partial charge is 0.281 e. The molecule has 9 heavy (non-hydrogen) atoms. The van der Waals surface area contributed by atoms with E-state index < -0.39 is 5.91 Å². The van der Waals surface area contributed by atoms with Crippen molar-refractivity contribution in [1.29, 1.82) is 0 Å². The van der Waals surface area contributed by atoms with Crippen LogP contribution in [0.4, 0.5) is 0 Å². The van der Waals surface area contributed by atoms with Crippen LogP contribution in [-0.2, 0) is 4.79 Å². The van der Waals surface area contributed by atoms with Crippen molar-refractivity contribution >= 4 is 5.91 Å². The Hall–Kier alpha value is -1.09. The fraction of sp³-hybridized carbons (Fsp3) is 0.167. The summed E-state index contributed by atoms with van der Waals surface area (Å²) in [6.45, 7) is 4.87. The molecule has 3 heteroatoms. The van der Waals surface area contributed by atoms with Gasteiger partial charge in [0.05, 0.1) is 0 Å². The molecule has 1 amide bonds. The molecule has 0 aromatic heterocycles. The highest BCUT2D eigenvalue weighted by molar-refractivity contribution is 5.86. The molecule has 0 aliphatic rings. The molecule has 0 fully saturated rings. The van der Waals surface area contributed by atoms with Crippen molar-refractivity contribution in [3.63, 3.8) is 0 Å². The lowest BCUT2D eigenvalue weighted by molar-refractivity contribution is -0.148. The van der Waals surface area contributed by atoms with Gasteiger partial charge in [0, 0.05) is 6.20 Å². The maximum Gasteiger partial charge on any atom is 0.273 e. The van der Waals surface area contributed by atoms with E-state index in [9.17, 15) is 4.79 Å². The van der Waals surface area contributed by atoms with Gasteiger partial charge in [0.15, 0.2) is 0 Å². The van der Waals surface area contributed by atoms with Crippen molar-refractivity contribution in [2.24, 2.45) is 0 Å². The SMILES string of the molecule is C=CC(=O)N(O)/C=C\C. The quantitative estimate of drug-likeness (QED) is 0.340. The molecule has 3 nitrogen and oxygen atoms in total. The van der Waals surface area contributed by atoms with Crippen LogP contribution in [0.3, 0.4) is 0 Å². The van der Waals surface area contributed by atoms with Crippen molar-refractivity contribution in [1.82, 2.24) is 5.06 Å². The normalized spacial score (nSPS) is 9.56. The summed E-state index contributed by atoms with van der Waals surface area (Å²) >= 11 is 0. The lowest BCUT2D eigenvalue weighted by Gasteiger charge is -2.03. The van der Waals surface area contributed by atoms with Crippen molar-refractivity contribution in [3.8, 4) is 0 Å². The first-order valence-electron chi connectivity index (χ1n) is 2.49.